The molecule has 2 saturated carbocycles. The predicted octanol–water partition coefficient (Wildman–Crippen LogP) is 6.82. The number of amides is 2. The van der Waals surface area contributed by atoms with E-state index in [1.807, 2.05) is 43.3 Å². The van der Waals surface area contributed by atoms with Gasteiger partial charge in [-0.1, -0.05) is 49.9 Å². The summed E-state index contributed by atoms with van der Waals surface area (Å²) < 4.78 is 13.8. The fourth-order valence-corrected chi connectivity index (χ4v) is 7.98. The number of halogens is 1. The second kappa shape index (κ2) is 15.6. The molecule has 6 aromatic rings. The summed E-state index contributed by atoms with van der Waals surface area (Å²) in [4.78, 5) is 48.7. The first-order chi connectivity index (χ1) is 26.7. The molecule has 0 saturated heterocycles. The summed E-state index contributed by atoms with van der Waals surface area (Å²) in [7, 11) is 0. The Balaban J connectivity index is 0.000000137. The Labute approximate surface area is 318 Å². The number of benzene rings is 2. The molecule has 0 bridgehead atoms. The van der Waals surface area contributed by atoms with Crippen LogP contribution in [0.15, 0.2) is 48.5 Å². The molecule has 0 atom stereocenters. The van der Waals surface area contributed by atoms with E-state index in [4.69, 9.17) is 15.7 Å². The van der Waals surface area contributed by atoms with Gasteiger partial charge >= 0.3 is 0 Å². The fourth-order valence-electron chi connectivity index (χ4n) is 7.98. The van der Waals surface area contributed by atoms with Gasteiger partial charge in [0.2, 0.25) is 5.95 Å². The number of fused-ring (bicyclic) bond motifs is 4. The number of nitrogens with two attached hydrogens (primary N) is 1. The van der Waals surface area contributed by atoms with Crippen molar-refractivity contribution in [3.05, 3.63) is 88.4 Å². The number of aryl methyl sites for hydroxylation is 2. The van der Waals surface area contributed by atoms with Crippen LogP contribution in [-0.2, 0) is 12.8 Å². The summed E-state index contributed by atoms with van der Waals surface area (Å²) in [5.74, 6) is 0.200. The van der Waals surface area contributed by atoms with Crippen molar-refractivity contribution < 1.29 is 14.0 Å². The summed E-state index contributed by atoms with van der Waals surface area (Å²) in [6.45, 7) is 4.89. The Kier molecular flexibility index (Phi) is 10.3. The van der Waals surface area contributed by atoms with Gasteiger partial charge in [-0.25, -0.2) is 19.9 Å². The van der Waals surface area contributed by atoms with Gasteiger partial charge in [-0.15, -0.1) is 0 Å². The van der Waals surface area contributed by atoms with Gasteiger partial charge in [0.15, 0.2) is 0 Å². The van der Waals surface area contributed by atoms with Crippen LogP contribution in [0, 0.1) is 19.8 Å². The summed E-state index contributed by atoms with van der Waals surface area (Å²) in [5, 5.41) is 9.30. The first-order valence-corrected chi connectivity index (χ1v) is 19.4. The molecule has 10 rings (SSSR count). The average molecular weight is 743 g/mol. The van der Waals surface area contributed by atoms with E-state index in [1.54, 1.807) is 19.1 Å². The van der Waals surface area contributed by atoms with Crippen molar-refractivity contribution in [2.75, 3.05) is 18.4 Å². The largest absolute Gasteiger partial charge is 0.366 e. The first-order valence-electron chi connectivity index (χ1n) is 19.4. The lowest BCUT2D eigenvalue weighted by atomic mass is 10.1. The molecule has 7 N–H and O–H groups in total. The molecule has 284 valence electrons. The Morgan fingerprint density at radius 1 is 0.673 bits per heavy atom. The number of aromatic amines is 2. The molecule has 13 heteroatoms. The van der Waals surface area contributed by atoms with Gasteiger partial charge in [-0.2, -0.15) is 4.39 Å². The first kappa shape index (κ1) is 36.3. The van der Waals surface area contributed by atoms with E-state index < -0.39 is 5.95 Å². The number of nitrogens with zero attached hydrogens (tertiary/aromatic N) is 4. The highest BCUT2D eigenvalue weighted by atomic mass is 19.1. The minimum Gasteiger partial charge on any atom is -0.366 e. The lowest BCUT2D eigenvalue weighted by molar-refractivity contribution is 0.0937. The van der Waals surface area contributed by atoms with Gasteiger partial charge in [0.05, 0.1) is 33.5 Å². The third-order valence-corrected chi connectivity index (χ3v) is 11.0. The number of carbonyl (C=O) groups excluding carboxylic acids is 2. The van der Waals surface area contributed by atoms with Crippen molar-refractivity contribution in [3.63, 3.8) is 0 Å². The van der Waals surface area contributed by atoms with Gasteiger partial charge in [0.25, 0.3) is 11.8 Å². The number of hydrogen-bond donors (Lipinski definition) is 6. The number of carbonyl (C=O) groups is 2. The number of rotatable bonds is 4. The molecule has 0 spiro atoms. The topological polar surface area (TPSA) is 179 Å². The van der Waals surface area contributed by atoms with Crippen LogP contribution in [0.4, 0.5) is 10.2 Å². The van der Waals surface area contributed by atoms with Crippen LogP contribution in [0.25, 0.3) is 44.6 Å². The second-order valence-corrected chi connectivity index (χ2v) is 14.9. The fraction of sp³-hybridized carbons (Fsp3) is 0.381. The molecule has 2 aliphatic carbocycles. The van der Waals surface area contributed by atoms with E-state index in [1.165, 1.54) is 51.4 Å². The van der Waals surface area contributed by atoms with Crippen LogP contribution < -0.4 is 21.7 Å². The van der Waals surface area contributed by atoms with E-state index in [0.717, 1.165) is 74.9 Å². The minimum absolute atomic E-state index is 0.00972. The molecule has 6 heterocycles. The van der Waals surface area contributed by atoms with Crippen molar-refractivity contribution in [2.24, 2.45) is 5.73 Å². The highest BCUT2D eigenvalue weighted by Gasteiger charge is 2.23. The molecular weight excluding hydrogens is 696 g/mol. The zero-order valence-electron chi connectivity index (χ0n) is 31.3. The molecule has 4 aromatic heterocycles. The smallest absolute Gasteiger partial charge is 0.253 e. The number of H-pyrrole nitrogens is 2. The SMILES string of the molecule is Cc1nc2cccc(-c3cc4c([nH]3)CCNC4=O)c2nc1F.Cc1nc2cccc(-c3cc4c([nH]3)CCNC4=O)c2nc1NC1CCCC1.NC1CCCC1. The Morgan fingerprint density at radius 2 is 1.18 bits per heavy atom. The maximum Gasteiger partial charge on any atom is 0.253 e. The molecular formula is C42H47FN10O2. The molecule has 0 radical (unpaired) electrons. The van der Waals surface area contributed by atoms with Crippen LogP contribution in [-0.4, -0.2) is 66.9 Å². The lowest BCUT2D eigenvalue weighted by Crippen LogP contribution is -2.31. The highest BCUT2D eigenvalue weighted by Crippen LogP contribution is 2.32. The third kappa shape index (κ3) is 7.66. The lowest BCUT2D eigenvalue weighted by Gasteiger charge is -2.15. The van der Waals surface area contributed by atoms with E-state index in [0.29, 0.717) is 41.8 Å². The summed E-state index contributed by atoms with van der Waals surface area (Å²) in [6, 6.07) is 16.3. The normalized spacial score (nSPS) is 16.8. The molecule has 55 heavy (non-hydrogen) atoms. The van der Waals surface area contributed by atoms with Crippen LogP contribution in [0.3, 0.4) is 0 Å². The second-order valence-electron chi connectivity index (χ2n) is 14.9. The van der Waals surface area contributed by atoms with E-state index >= 15 is 0 Å². The predicted molar refractivity (Wildman–Crippen MR) is 212 cm³/mol. The zero-order valence-corrected chi connectivity index (χ0v) is 31.3. The summed E-state index contributed by atoms with van der Waals surface area (Å²) in [5.41, 5.74) is 16.3. The average Bonchev–Trinajstić information content (AvgIpc) is 4.01. The highest BCUT2D eigenvalue weighted by molar-refractivity contribution is 6.00. The standard InChI is InChI=1S/C21H23N5O.C16H13FN4O.C5H11N/c1-12-20(24-13-5-2-3-6-13)26-19-14(7-4-8-17(19)23-12)18-11-15-16(25-18)9-10-22-21(15)27;1-8-15(17)21-14-9(3-2-4-12(14)19-8)13-7-10-11(20-13)5-6-18-16(10)22;6-5-3-1-2-4-5/h4,7-8,11,13,25H,2-3,5-6,9-10H2,1H3,(H,22,27)(H,24,26);2-4,7,20H,5-6H2,1H3,(H,18,22);5H,1-4,6H2. The van der Waals surface area contributed by atoms with Crippen LogP contribution >= 0.6 is 0 Å². The number of anilines is 1. The molecule has 4 aliphatic rings. The maximum atomic E-state index is 13.8. The monoisotopic (exact) mass is 742 g/mol. The summed E-state index contributed by atoms with van der Waals surface area (Å²) >= 11 is 0. The van der Waals surface area contributed by atoms with Gasteiger partial charge < -0.3 is 31.7 Å². The molecule has 2 aliphatic heterocycles. The van der Waals surface area contributed by atoms with Crippen LogP contribution in [0.1, 0.15) is 94.9 Å². The maximum absolute atomic E-state index is 13.8. The van der Waals surface area contributed by atoms with Crippen molar-refractivity contribution >= 4 is 39.7 Å². The van der Waals surface area contributed by atoms with E-state index in [-0.39, 0.29) is 17.5 Å². The van der Waals surface area contributed by atoms with Gasteiger partial charge in [0, 0.05) is 71.9 Å². The molecule has 2 amide bonds. The minimum atomic E-state index is -0.575. The molecule has 2 fully saturated rings. The number of para-hydroxylation sites is 2. The van der Waals surface area contributed by atoms with Gasteiger partial charge in [0.1, 0.15) is 16.9 Å². The quantitative estimate of drug-likeness (QED) is 0.114. The van der Waals surface area contributed by atoms with Crippen LogP contribution in [0.2, 0.25) is 0 Å². The van der Waals surface area contributed by atoms with E-state index in [2.05, 4.69) is 35.9 Å². The Bertz CT molecular complexity index is 2390. The van der Waals surface area contributed by atoms with Crippen molar-refractivity contribution in [1.82, 2.24) is 40.5 Å². The Morgan fingerprint density at radius 3 is 1.69 bits per heavy atom. The third-order valence-electron chi connectivity index (χ3n) is 11.0. The van der Waals surface area contributed by atoms with E-state index in [9.17, 15) is 14.0 Å². The Hall–Kier alpha value is -5.69. The molecule has 0 unspecified atom stereocenters. The number of aromatic nitrogens is 6. The number of nitrogens with one attached hydrogen (secondary N) is 5. The van der Waals surface area contributed by atoms with Crippen molar-refractivity contribution in [1.29, 1.82) is 0 Å². The van der Waals surface area contributed by atoms with Crippen molar-refractivity contribution in [2.45, 2.75) is 90.1 Å². The summed E-state index contributed by atoms with van der Waals surface area (Å²) in [6.07, 6.45) is 11.8. The van der Waals surface area contributed by atoms with Gasteiger partial charge in [-0.3, -0.25) is 9.59 Å². The molecule has 2 aromatic carbocycles. The zero-order chi connectivity index (χ0) is 38.1. The van der Waals surface area contributed by atoms with Gasteiger partial charge in [-0.05, 0) is 63.8 Å². The molecule has 12 nitrogen and oxygen atoms in total. The van der Waals surface area contributed by atoms with Crippen LogP contribution in [0.5, 0.6) is 0 Å². The number of hydrogen-bond acceptors (Lipinski definition) is 8. The van der Waals surface area contributed by atoms with Crippen molar-refractivity contribution in [3.8, 4) is 22.5 Å².